The summed E-state index contributed by atoms with van der Waals surface area (Å²) < 4.78 is 0. The standard InChI is InChI=1S/C9H20Br4Si2/c1-8(2,3)14(10,11)7-15(12,13)9(4,5)6/h7H2,1-6H3. The van der Waals surface area contributed by atoms with Crippen LogP contribution in [0.5, 0.6) is 0 Å². The molecule has 0 unspecified atom stereocenters. The molecular weight excluding hydrogens is 484 g/mol. The molecule has 0 atom stereocenters. The van der Waals surface area contributed by atoms with Gasteiger partial charge in [0.05, 0.1) is 0 Å². The van der Waals surface area contributed by atoms with E-state index in [2.05, 4.69) is 103 Å². The molecular formula is C9H20Br4Si2. The van der Waals surface area contributed by atoms with Gasteiger partial charge >= 0.3 is 0 Å². The van der Waals surface area contributed by atoms with E-state index in [1.54, 1.807) is 0 Å². The second-order valence-electron chi connectivity index (χ2n) is 6.09. The van der Waals surface area contributed by atoms with E-state index in [1.807, 2.05) is 0 Å². The SMILES string of the molecule is CC(C)(C)[Si](Br)(Br)C[Si](Br)(Br)C(C)(C)C. The Morgan fingerprint density at radius 3 is 1.00 bits per heavy atom. The highest BCUT2D eigenvalue weighted by molar-refractivity contribution is 9.53. The Balaban J connectivity index is 4.89. The molecule has 6 heteroatoms. The topological polar surface area (TPSA) is 0 Å². The third kappa shape index (κ3) is 4.85. The maximum Gasteiger partial charge on any atom is 0.205 e. The Bertz CT molecular complexity index is 201. The molecule has 0 aromatic rings. The van der Waals surface area contributed by atoms with Crippen LogP contribution in [0.4, 0.5) is 0 Å². The molecule has 0 radical (unpaired) electrons. The van der Waals surface area contributed by atoms with E-state index >= 15 is 0 Å². The van der Waals surface area contributed by atoms with Gasteiger partial charge in [0.15, 0.2) is 0 Å². The number of rotatable bonds is 2. The van der Waals surface area contributed by atoms with Crippen molar-refractivity contribution in [2.24, 2.45) is 0 Å². The monoisotopic (exact) mass is 500 g/mol. The van der Waals surface area contributed by atoms with Crippen LogP contribution in [0.15, 0.2) is 0 Å². The Morgan fingerprint density at radius 1 is 0.667 bits per heavy atom. The largest absolute Gasteiger partial charge is 0.205 e. The highest BCUT2D eigenvalue weighted by Crippen LogP contribution is 2.57. The summed E-state index contributed by atoms with van der Waals surface area (Å²) in [6, 6.07) is 0. The minimum Gasteiger partial charge on any atom is -0.111 e. The smallest absolute Gasteiger partial charge is 0.111 e. The molecule has 0 aliphatic carbocycles. The van der Waals surface area contributed by atoms with Crippen molar-refractivity contribution in [2.45, 2.75) is 57.3 Å². The van der Waals surface area contributed by atoms with Crippen molar-refractivity contribution in [1.82, 2.24) is 0 Å². The first-order valence-corrected chi connectivity index (χ1v) is 18.4. The molecule has 0 aliphatic heterocycles. The summed E-state index contributed by atoms with van der Waals surface area (Å²) in [5, 5.41) is -2.48. The van der Waals surface area contributed by atoms with Gasteiger partial charge in [-0.25, -0.2) is 0 Å². The predicted molar refractivity (Wildman–Crippen MR) is 91.5 cm³/mol. The van der Waals surface area contributed by atoms with E-state index in [4.69, 9.17) is 0 Å². The van der Waals surface area contributed by atoms with Crippen molar-refractivity contribution >= 4 is 71.8 Å². The first-order chi connectivity index (χ1) is 6.21. The van der Waals surface area contributed by atoms with Crippen LogP contribution in [-0.2, 0) is 0 Å². The number of halogens is 4. The summed E-state index contributed by atoms with van der Waals surface area (Å²) in [6.07, 6.45) is 0. The lowest BCUT2D eigenvalue weighted by atomic mass is 10.3. The molecule has 0 aromatic heterocycles. The summed E-state index contributed by atoms with van der Waals surface area (Å²) in [4.78, 5) is 0. The van der Waals surface area contributed by atoms with Gasteiger partial charge in [0.2, 0.25) is 10.6 Å². The minimum absolute atomic E-state index is 0.317. The van der Waals surface area contributed by atoms with Gasteiger partial charge in [0.25, 0.3) is 0 Å². The van der Waals surface area contributed by atoms with Crippen molar-refractivity contribution in [1.29, 1.82) is 0 Å². The molecule has 15 heavy (non-hydrogen) atoms. The van der Waals surface area contributed by atoms with Crippen LogP contribution >= 0.6 is 61.2 Å². The average molecular weight is 504 g/mol. The van der Waals surface area contributed by atoms with Gasteiger partial charge in [-0.3, -0.25) is 0 Å². The third-order valence-corrected chi connectivity index (χ3v) is 34.9. The average Bonchev–Trinajstić information content (AvgIpc) is 1.77. The third-order valence-electron chi connectivity index (χ3n) is 2.64. The van der Waals surface area contributed by atoms with Gasteiger partial charge in [-0.1, -0.05) is 41.5 Å². The van der Waals surface area contributed by atoms with Crippen molar-refractivity contribution in [3.05, 3.63) is 0 Å². The molecule has 0 saturated heterocycles. The first-order valence-electron chi connectivity index (χ1n) is 4.96. The lowest BCUT2D eigenvalue weighted by Gasteiger charge is -2.41. The van der Waals surface area contributed by atoms with Gasteiger partial charge < -0.3 is 0 Å². The fourth-order valence-corrected chi connectivity index (χ4v) is 36.0. The van der Waals surface area contributed by atoms with Crippen LogP contribution in [0, 0.1) is 0 Å². The molecule has 0 fully saturated rings. The van der Waals surface area contributed by atoms with Crippen LogP contribution < -0.4 is 0 Å². The van der Waals surface area contributed by atoms with Crippen molar-refractivity contribution < 1.29 is 0 Å². The van der Waals surface area contributed by atoms with E-state index in [-0.39, 0.29) is 0 Å². The second-order valence-corrected chi connectivity index (χ2v) is 35.9. The summed E-state index contributed by atoms with van der Waals surface area (Å²) in [7, 11) is 0. The zero-order chi connectivity index (χ0) is 12.7. The van der Waals surface area contributed by atoms with Crippen molar-refractivity contribution in [3.8, 4) is 0 Å². The zero-order valence-corrected chi connectivity index (χ0v) is 18.6. The lowest BCUT2D eigenvalue weighted by molar-refractivity contribution is 0.734. The van der Waals surface area contributed by atoms with E-state index in [9.17, 15) is 0 Å². The van der Waals surface area contributed by atoms with Crippen molar-refractivity contribution in [2.75, 3.05) is 0 Å². The molecule has 0 spiro atoms. The maximum absolute atomic E-state index is 3.96. The fourth-order valence-electron chi connectivity index (χ4n) is 0.809. The van der Waals surface area contributed by atoms with E-state index < -0.39 is 10.6 Å². The molecule has 0 amide bonds. The molecule has 0 bridgehead atoms. The highest BCUT2D eigenvalue weighted by atomic mass is 79.9. The Kier molecular flexibility index (Phi) is 5.96. The van der Waals surface area contributed by atoms with Crippen LogP contribution in [-0.4, -0.2) is 10.6 Å². The Morgan fingerprint density at radius 2 is 0.867 bits per heavy atom. The number of hydrogen-bond acceptors (Lipinski definition) is 0. The summed E-state index contributed by atoms with van der Waals surface area (Å²) in [5.74, 6) is 0. The zero-order valence-electron chi connectivity index (χ0n) is 10.2. The van der Waals surface area contributed by atoms with E-state index in [0.717, 1.165) is 0 Å². The van der Waals surface area contributed by atoms with Crippen LogP contribution in [0.3, 0.4) is 0 Å². The molecule has 0 aromatic carbocycles. The molecule has 0 rings (SSSR count). The molecule has 92 valence electrons. The quantitative estimate of drug-likeness (QED) is 0.294. The van der Waals surface area contributed by atoms with Gasteiger partial charge in [-0.2, -0.15) is 0 Å². The van der Waals surface area contributed by atoms with Gasteiger partial charge in [0, 0.05) is 0 Å². The van der Waals surface area contributed by atoms with Gasteiger partial charge in [-0.05, 0) is 15.7 Å². The van der Waals surface area contributed by atoms with E-state index in [1.165, 1.54) is 5.67 Å². The van der Waals surface area contributed by atoms with Crippen LogP contribution in [0.25, 0.3) is 0 Å². The number of hydrogen-bond donors (Lipinski definition) is 0. The maximum atomic E-state index is 3.96. The van der Waals surface area contributed by atoms with Crippen LogP contribution in [0.2, 0.25) is 15.7 Å². The molecule has 0 saturated carbocycles. The fraction of sp³-hybridized carbons (Fsp3) is 1.00. The Labute approximate surface area is 128 Å². The lowest BCUT2D eigenvalue weighted by Crippen LogP contribution is -2.43. The van der Waals surface area contributed by atoms with E-state index in [0.29, 0.717) is 10.1 Å². The summed E-state index contributed by atoms with van der Waals surface area (Å²) >= 11 is 15.8. The van der Waals surface area contributed by atoms with Gasteiger partial charge in [0.1, 0.15) is 0 Å². The second kappa shape index (κ2) is 5.15. The molecule has 0 nitrogen and oxygen atoms in total. The first kappa shape index (κ1) is 17.4. The highest BCUT2D eigenvalue weighted by Gasteiger charge is 2.51. The normalized spacial score (nSPS) is 15.6. The predicted octanol–water partition coefficient (Wildman–Crippen LogP) is 6.59. The van der Waals surface area contributed by atoms with Gasteiger partial charge in [-0.15, -0.1) is 61.2 Å². The van der Waals surface area contributed by atoms with Crippen molar-refractivity contribution in [3.63, 3.8) is 0 Å². The summed E-state index contributed by atoms with van der Waals surface area (Å²) in [6.45, 7) is 13.8. The summed E-state index contributed by atoms with van der Waals surface area (Å²) in [5.41, 5.74) is 1.22. The Hall–Kier alpha value is 2.35. The molecule has 0 aliphatic rings. The van der Waals surface area contributed by atoms with Crippen LogP contribution in [0.1, 0.15) is 41.5 Å². The molecule has 0 heterocycles. The minimum atomic E-state index is -1.56. The molecule has 0 N–H and O–H groups in total.